The van der Waals surface area contributed by atoms with Crippen molar-refractivity contribution in [2.24, 2.45) is 0 Å². The second-order valence-corrected chi connectivity index (χ2v) is 5.80. The van der Waals surface area contributed by atoms with Crippen LogP contribution in [0.4, 0.5) is 0 Å². The summed E-state index contributed by atoms with van der Waals surface area (Å²) < 4.78 is 2.01. The minimum absolute atomic E-state index is 0.162. The molecule has 0 aromatic carbocycles. The normalized spacial score (nSPS) is 15.4. The maximum Gasteiger partial charge on any atom is 0.223 e. The van der Waals surface area contributed by atoms with Gasteiger partial charge in [-0.1, -0.05) is 11.6 Å². The van der Waals surface area contributed by atoms with E-state index < -0.39 is 0 Å². The zero-order chi connectivity index (χ0) is 14.5. The molecule has 0 amide bonds. The standard InChI is InChI=1S/C16H24N2O2/c1-17(2)11-14-10-15(19)16(20)12-18(14)9-8-13-6-4-3-5-7-13/h6,10,12,20H,3-5,7-9,11H2,1-2H3. The van der Waals surface area contributed by atoms with Crippen LogP contribution in [0.5, 0.6) is 5.75 Å². The van der Waals surface area contributed by atoms with Crippen LogP contribution in [0.3, 0.4) is 0 Å². The minimum atomic E-state index is -0.296. The average Bonchev–Trinajstić information content (AvgIpc) is 2.42. The molecule has 1 aliphatic carbocycles. The number of aryl methyl sites for hydroxylation is 1. The van der Waals surface area contributed by atoms with E-state index in [4.69, 9.17) is 0 Å². The van der Waals surface area contributed by atoms with Crippen LogP contribution < -0.4 is 5.43 Å². The van der Waals surface area contributed by atoms with Crippen molar-refractivity contribution in [1.82, 2.24) is 9.47 Å². The number of hydrogen-bond donors (Lipinski definition) is 1. The molecule has 0 atom stereocenters. The van der Waals surface area contributed by atoms with Gasteiger partial charge in [0.1, 0.15) is 0 Å². The quantitative estimate of drug-likeness (QED) is 0.841. The van der Waals surface area contributed by atoms with Gasteiger partial charge in [0.25, 0.3) is 0 Å². The molecule has 4 nitrogen and oxygen atoms in total. The number of nitrogens with zero attached hydrogens (tertiary/aromatic N) is 2. The Labute approximate surface area is 120 Å². The van der Waals surface area contributed by atoms with Crippen LogP contribution in [0.2, 0.25) is 0 Å². The molecule has 1 aromatic rings. The predicted molar refractivity (Wildman–Crippen MR) is 80.9 cm³/mol. The van der Waals surface area contributed by atoms with Gasteiger partial charge in [0.05, 0.1) is 6.20 Å². The Bertz CT molecular complexity index is 544. The van der Waals surface area contributed by atoms with E-state index in [0.29, 0.717) is 6.54 Å². The summed E-state index contributed by atoms with van der Waals surface area (Å²) in [4.78, 5) is 13.6. The minimum Gasteiger partial charge on any atom is -0.503 e. The second-order valence-electron chi connectivity index (χ2n) is 5.80. The number of hydrogen-bond acceptors (Lipinski definition) is 3. The first kappa shape index (κ1) is 14.9. The van der Waals surface area contributed by atoms with Gasteiger partial charge in [-0.2, -0.15) is 0 Å². The van der Waals surface area contributed by atoms with E-state index in [0.717, 1.165) is 18.7 Å². The second kappa shape index (κ2) is 6.75. The van der Waals surface area contributed by atoms with Crippen LogP contribution in [0.15, 0.2) is 28.7 Å². The van der Waals surface area contributed by atoms with Crippen molar-refractivity contribution in [3.05, 3.63) is 39.8 Å². The highest BCUT2D eigenvalue weighted by Crippen LogP contribution is 2.21. The van der Waals surface area contributed by atoms with Gasteiger partial charge in [-0.15, -0.1) is 0 Å². The van der Waals surface area contributed by atoms with E-state index >= 15 is 0 Å². The first-order valence-corrected chi connectivity index (χ1v) is 7.31. The third-order valence-electron chi connectivity index (χ3n) is 3.73. The number of rotatable bonds is 5. The fraction of sp³-hybridized carbons (Fsp3) is 0.562. The monoisotopic (exact) mass is 276 g/mol. The van der Waals surface area contributed by atoms with Gasteiger partial charge in [-0.05, 0) is 46.2 Å². The van der Waals surface area contributed by atoms with Crippen molar-refractivity contribution in [3.8, 4) is 5.75 Å². The van der Waals surface area contributed by atoms with E-state index in [9.17, 15) is 9.90 Å². The van der Waals surface area contributed by atoms with Crippen molar-refractivity contribution in [2.75, 3.05) is 14.1 Å². The summed E-state index contributed by atoms with van der Waals surface area (Å²) in [5.41, 5.74) is 2.16. The zero-order valence-electron chi connectivity index (χ0n) is 12.4. The Hall–Kier alpha value is -1.55. The van der Waals surface area contributed by atoms with Crippen LogP contribution in [0, 0.1) is 0 Å². The first-order chi connectivity index (χ1) is 9.56. The lowest BCUT2D eigenvalue weighted by Gasteiger charge is -2.19. The fourth-order valence-electron chi connectivity index (χ4n) is 2.67. The number of aromatic nitrogens is 1. The predicted octanol–water partition coefficient (Wildman–Crippen LogP) is 2.51. The largest absolute Gasteiger partial charge is 0.503 e. The Morgan fingerprint density at radius 1 is 1.35 bits per heavy atom. The van der Waals surface area contributed by atoms with Gasteiger partial charge >= 0.3 is 0 Å². The van der Waals surface area contributed by atoms with Crippen LogP contribution >= 0.6 is 0 Å². The molecule has 0 radical (unpaired) electrons. The van der Waals surface area contributed by atoms with Crippen LogP contribution in [-0.2, 0) is 13.1 Å². The highest BCUT2D eigenvalue weighted by atomic mass is 16.3. The van der Waals surface area contributed by atoms with E-state index in [-0.39, 0.29) is 11.2 Å². The zero-order valence-corrected chi connectivity index (χ0v) is 12.4. The van der Waals surface area contributed by atoms with Crippen molar-refractivity contribution in [3.63, 3.8) is 0 Å². The van der Waals surface area contributed by atoms with Crippen molar-refractivity contribution < 1.29 is 5.11 Å². The molecule has 1 heterocycles. The highest BCUT2D eigenvalue weighted by molar-refractivity contribution is 5.20. The van der Waals surface area contributed by atoms with Gasteiger partial charge in [-0.25, -0.2) is 0 Å². The number of aromatic hydroxyl groups is 1. The summed E-state index contributed by atoms with van der Waals surface area (Å²) in [6, 6.07) is 1.55. The molecule has 1 aromatic heterocycles. The molecule has 0 aliphatic heterocycles. The lowest BCUT2D eigenvalue weighted by Crippen LogP contribution is -2.19. The SMILES string of the molecule is CN(C)Cc1cc(=O)c(O)cn1CCC1=CCCCC1. The fourth-order valence-corrected chi connectivity index (χ4v) is 2.67. The molecule has 1 N–H and O–H groups in total. The van der Waals surface area contributed by atoms with Crippen molar-refractivity contribution in [1.29, 1.82) is 0 Å². The summed E-state index contributed by atoms with van der Waals surface area (Å²) >= 11 is 0. The topological polar surface area (TPSA) is 45.5 Å². The molecule has 1 aliphatic rings. The molecular weight excluding hydrogens is 252 g/mol. The lowest BCUT2D eigenvalue weighted by atomic mass is 9.97. The molecule has 0 bridgehead atoms. The summed E-state index contributed by atoms with van der Waals surface area (Å²) in [5.74, 6) is -0.162. The van der Waals surface area contributed by atoms with Gasteiger partial charge in [0.2, 0.25) is 5.43 Å². The molecule has 0 saturated carbocycles. The molecule has 4 heteroatoms. The Morgan fingerprint density at radius 3 is 2.80 bits per heavy atom. The number of pyridine rings is 1. The van der Waals surface area contributed by atoms with E-state index in [1.165, 1.54) is 31.3 Å². The van der Waals surface area contributed by atoms with Crippen LogP contribution in [-0.4, -0.2) is 28.7 Å². The van der Waals surface area contributed by atoms with Gasteiger partial charge in [-0.3, -0.25) is 4.79 Å². The van der Waals surface area contributed by atoms with Gasteiger partial charge < -0.3 is 14.6 Å². The molecular formula is C16H24N2O2. The van der Waals surface area contributed by atoms with Crippen LogP contribution in [0.1, 0.15) is 37.8 Å². The Kier molecular flexibility index (Phi) is 5.01. The van der Waals surface area contributed by atoms with E-state index in [2.05, 4.69) is 6.08 Å². The molecule has 20 heavy (non-hydrogen) atoms. The third kappa shape index (κ3) is 3.97. The maximum absolute atomic E-state index is 11.6. The third-order valence-corrected chi connectivity index (χ3v) is 3.73. The summed E-state index contributed by atoms with van der Waals surface area (Å²) in [6.45, 7) is 1.53. The summed E-state index contributed by atoms with van der Waals surface area (Å²) in [5, 5.41) is 9.63. The summed E-state index contributed by atoms with van der Waals surface area (Å²) in [6.07, 6.45) is 9.88. The average molecular weight is 276 g/mol. The van der Waals surface area contributed by atoms with Gasteiger partial charge in [0, 0.05) is 24.8 Å². The Morgan fingerprint density at radius 2 is 2.15 bits per heavy atom. The lowest BCUT2D eigenvalue weighted by molar-refractivity contribution is 0.381. The van der Waals surface area contributed by atoms with Crippen molar-refractivity contribution in [2.45, 2.75) is 45.2 Å². The van der Waals surface area contributed by atoms with Gasteiger partial charge in [0.15, 0.2) is 5.75 Å². The molecule has 110 valence electrons. The summed E-state index contributed by atoms with van der Waals surface area (Å²) in [7, 11) is 3.96. The molecule has 0 fully saturated rings. The van der Waals surface area contributed by atoms with E-state index in [1.807, 2.05) is 23.6 Å². The Balaban J connectivity index is 2.14. The maximum atomic E-state index is 11.6. The van der Waals surface area contributed by atoms with E-state index in [1.54, 1.807) is 12.3 Å². The first-order valence-electron chi connectivity index (χ1n) is 7.31. The molecule has 0 unspecified atom stereocenters. The molecule has 0 spiro atoms. The number of allylic oxidation sites excluding steroid dienone is 2. The van der Waals surface area contributed by atoms with Crippen molar-refractivity contribution >= 4 is 0 Å². The molecule has 0 saturated heterocycles. The smallest absolute Gasteiger partial charge is 0.223 e. The highest BCUT2D eigenvalue weighted by Gasteiger charge is 2.09. The van der Waals surface area contributed by atoms with Crippen LogP contribution in [0.25, 0.3) is 0 Å². The molecule has 2 rings (SSSR count).